The highest BCUT2D eigenvalue weighted by Crippen LogP contribution is 2.23. The van der Waals surface area contributed by atoms with Gasteiger partial charge < -0.3 is 15.2 Å². The van der Waals surface area contributed by atoms with Crippen molar-refractivity contribution in [3.05, 3.63) is 46.2 Å². The Morgan fingerprint density at radius 3 is 2.62 bits per heavy atom. The standard InChI is InChI=1S/C15H16N2O5S2/c1-3-17(2)24(21,22)12-8-13(23-9-12)14(18)16-11-6-4-5-10(7-11)15(19)20/h4-9H,3H2,1-2H3,(H,16,18)(H,19,20)/p-1. The Labute approximate surface area is 143 Å². The first-order valence-electron chi connectivity index (χ1n) is 6.93. The molecule has 0 atom stereocenters. The molecule has 1 amide bonds. The van der Waals surface area contributed by atoms with Gasteiger partial charge in [0, 0.05) is 24.7 Å². The van der Waals surface area contributed by atoms with Crippen LogP contribution < -0.4 is 10.4 Å². The molecule has 0 radical (unpaired) electrons. The number of carboxylic acid groups (broad SMARTS) is 1. The zero-order chi connectivity index (χ0) is 17.9. The van der Waals surface area contributed by atoms with Gasteiger partial charge in [-0.05, 0) is 23.8 Å². The normalized spacial score (nSPS) is 11.5. The van der Waals surface area contributed by atoms with Gasteiger partial charge in [0.25, 0.3) is 5.91 Å². The summed E-state index contributed by atoms with van der Waals surface area (Å²) in [6.07, 6.45) is 0. The number of thiophene rings is 1. The van der Waals surface area contributed by atoms with Crippen LogP contribution in [0, 0.1) is 0 Å². The number of sulfonamides is 1. The van der Waals surface area contributed by atoms with E-state index in [1.54, 1.807) is 6.92 Å². The van der Waals surface area contributed by atoms with E-state index in [-0.39, 0.29) is 21.0 Å². The van der Waals surface area contributed by atoms with Crippen LogP contribution in [-0.4, -0.2) is 38.2 Å². The van der Waals surface area contributed by atoms with E-state index in [1.165, 1.54) is 47.1 Å². The van der Waals surface area contributed by atoms with E-state index in [2.05, 4.69) is 5.32 Å². The van der Waals surface area contributed by atoms with Crippen molar-refractivity contribution >= 4 is 38.9 Å². The molecule has 0 saturated heterocycles. The van der Waals surface area contributed by atoms with Crippen molar-refractivity contribution < 1.29 is 23.1 Å². The number of rotatable bonds is 6. The van der Waals surface area contributed by atoms with Crippen molar-refractivity contribution in [1.29, 1.82) is 0 Å². The number of aromatic carboxylic acids is 1. The second kappa shape index (κ2) is 7.12. The molecule has 0 fully saturated rings. The monoisotopic (exact) mass is 367 g/mol. The van der Waals surface area contributed by atoms with Gasteiger partial charge in [-0.1, -0.05) is 19.1 Å². The molecule has 0 saturated carbocycles. The summed E-state index contributed by atoms with van der Waals surface area (Å²) in [5.41, 5.74) is 0.219. The average molecular weight is 367 g/mol. The van der Waals surface area contributed by atoms with Gasteiger partial charge in [-0.15, -0.1) is 11.3 Å². The number of benzene rings is 1. The molecule has 0 aliphatic carbocycles. The van der Waals surface area contributed by atoms with E-state index >= 15 is 0 Å². The Morgan fingerprint density at radius 1 is 1.29 bits per heavy atom. The predicted octanol–water partition coefficient (Wildman–Crippen LogP) is 1.00. The van der Waals surface area contributed by atoms with Gasteiger partial charge in [0.05, 0.1) is 15.7 Å². The van der Waals surface area contributed by atoms with Crippen LogP contribution in [0.15, 0.2) is 40.6 Å². The maximum atomic E-state index is 12.2. The van der Waals surface area contributed by atoms with E-state index in [0.717, 1.165) is 11.3 Å². The summed E-state index contributed by atoms with van der Waals surface area (Å²) in [4.78, 5) is 23.3. The molecule has 0 unspecified atom stereocenters. The lowest BCUT2D eigenvalue weighted by atomic mass is 10.2. The molecule has 0 spiro atoms. The summed E-state index contributed by atoms with van der Waals surface area (Å²) in [6.45, 7) is 2.03. The van der Waals surface area contributed by atoms with Crippen LogP contribution in [0.1, 0.15) is 27.0 Å². The van der Waals surface area contributed by atoms with Crippen molar-refractivity contribution in [1.82, 2.24) is 4.31 Å². The quantitative estimate of drug-likeness (QED) is 0.820. The first-order valence-corrected chi connectivity index (χ1v) is 9.25. The summed E-state index contributed by atoms with van der Waals surface area (Å²) < 4.78 is 25.6. The third-order valence-electron chi connectivity index (χ3n) is 3.31. The molecule has 2 aromatic rings. The first kappa shape index (κ1) is 18.1. The topological polar surface area (TPSA) is 107 Å². The van der Waals surface area contributed by atoms with Gasteiger partial charge in [0.15, 0.2) is 0 Å². The van der Waals surface area contributed by atoms with Crippen LogP contribution in [0.5, 0.6) is 0 Å². The maximum Gasteiger partial charge on any atom is 0.265 e. The zero-order valence-electron chi connectivity index (χ0n) is 13.0. The summed E-state index contributed by atoms with van der Waals surface area (Å²) in [7, 11) is -2.16. The maximum absolute atomic E-state index is 12.2. The van der Waals surface area contributed by atoms with Gasteiger partial charge in [-0.25, -0.2) is 12.7 Å². The SMILES string of the molecule is CCN(C)S(=O)(=O)c1csc(C(=O)Nc2cccc(C(=O)[O-])c2)c1. The number of carboxylic acids is 1. The largest absolute Gasteiger partial charge is 0.545 e. The fraction of sp³-hybridized carbons (Fsp3) is 0.200. The highest BCUT2D eigenvalue weighted by Gasteiger charge is 2.22. The Balaban J connectivity index is 2.20. The molecular formula is C15H15N2O5S2-. The Morgan fingerprint density at radius 2 is 2.00 bits per heavy atom. The summed E-state index contributed by atoms with van der Waals surface area (Å²) in [6, 6.07) is 6.91. The van der Waals surface area contributed by atoms with Crippen molar-refractivity contribution in [3.63, 3.8) is 0 Å². The van der Waals surface area contributed by atoms with E-state index in [4.69, 9.17) is 0 Å². The minimum atomic E-state index is -3.61. The molecule has 24 heavy (non-hydrogen) atoms. The Kier molecular flexibility index (Phi) is 5.37. The molecule has 1 aromatic carbocycles. The van der Waals surface area contributed by atoms with E-state index in [9.17, 15) is 23.1 Å². The van der Waals surface area contributed by atoms with E-state index < -0.39 is 21.9 Å². The molecule has 1 N–H and O–H groups in total. The number of hydrogen-bond acceptors (Lipinski definition) is 6. The Hall–Kier alpha value is -2.23. The fourth-order valence-corrected chi connectivity index (χ4v) is 4.18. The molecule has 7 nitrogen and oxygen atoms in total. The van der Waals surface area contributed by atoms with E-state index in [0.29, 0.717) is 6.54 Å². The fourth-order valence-electron chi connectivity index (χ4n) is 1.84. The van der Waals surface area contributed by atoms with Crippen molar-refractivity contribution in [2.45, 2.75) is 11.8 Å². The molecule has 0 aliphatic heterocycles. The lowest BCUT2D eigenvalue weighted by Gasteiger charge is -2.12. The molecule has 2 rings (SSSR count). The van der Waals surface area contributed by atoms with Gasteiger partial charge in [-0.3, -0.25) is 4.79 Å². The second-order valence-corrected chi connectivity index (χ2v) is 7.84. The minimum Gasteiger partial charge on any atom is -0.545 e. The highest BCUT2D eigenvalue weighted by molar-refractivity contribution is 7.89. The minimum absolute atomic E-state index is 0.0467. The molecule has 1 aromatic heterocycles. The molecule has 1 heterocycles. The van der Waals surface area contributed by atoms with Crippen molar-refractivity contribution in [2.24, 2.45) is 0 Å². The number of carbonyl (C=O) groups is 2. The van der Waals surface area contributed by atoms with Crippen LogP contribution in [0.25, 0.3) is 0 Å². The van der Waals surface area contributed by atoms with Crippen LogP contribution in [0.4, 0.5) is 5.69 Å². The van der Waals surface area contributed by atoms with Gasteiger partial charge in [0.1, 0.15) is 0 Å². The number of carbonyl (C=O) groups excluding carboxylic acids is 2. The number of nitrogens with zero attached hydrogens (tertiary/aromatic N) is 1. The smallest absolute Gasteiger partial charge is 0.265 e. The van der Waals surface area contributed by atoms with Crippen LogP contribution in [-0.2, 0) is 10.0 Å². The Bertz CT molecular complexity index is 873. The number of anilines is 1. The van der Waals surface area contributed by atoms with Gasteiger partial charge in [-0.2, -0.15) is 0 Å². The van der Waals surface area contributed by atoms with E-state index in [1.807, 2.05) is 0 Å². The average Bonchev–Trinajstić information content (AvgIpc) is 3.05. The summed E-state index contributed by atoms with van der Waals surface area (Å²) >= 11 is 0.996. The predicted molar refractivity (Wildman–Crippen MR) is 88.5 cm³/mol. The second-order valence-electron chi connectivity index (χ2n) is 4.89. The molecule has 0 bridgehead atoms. The third-order valence-corrected chi connectivity index (χ3v) is 6.30. The van der Waals surface area contributed by atoms with Gasteiger partial charge in [0.2, 0.25) is 10.0 Å². The molecule has 128 valence electrons. The zero-order valence-corrected chi connectivity index (χ0v) is 14.6. The number of hydrogen-bond donors (Lipinski definition) is 1. The third kappa shape index (κ3) is 3.81. The number of amides is 1. The summed E-state index contributed by atoms with van der Waals surface area (Å²) in [5.74, 6) is -1.87. The lowest BCUT2D eigenvalue weighted by Crippen LogP contribution is -2.26. The molecular weight excluding hydrogens is 352 g/mol. The van der Waals surface area contributed by atoms with Crippen molar-refractivity contribution in [2.75, 3.05) is 18.9 Å². The van der Waals surface area contributed by atoms with Crippen LogP contribution in [0.2, 0.25) is 0 Å². The lowest BCUT2D eigenvalue weighted by molar-refractivity contribution is -0.255. The summed E-state index contributed by atoms with van der Waals surface area (Å²) in [5, 5.41) is 14.8. The van der Waals surface area contributed by atoms with Crippen molar-refractivity contribution in [3.8, 4) is 0 Å². The van der Waals surface area contributed by atoms with Gasteiger partial charge >= 0.3 is 0 Å². The first-order chi connectivity index (χ1) is 11.3. The molecule has 0 aliphatic rings. The molecule has 9 heteroatoms. The number of nitrogens with one attached hydrogen (secondary N) is 1. The van der Waals surface area contributed by atoms with Crippen LogP contribution in [0.3, 0.4) is 0 Å². The highest BCUT2D eigenvalue weighted by atomic mass is 32.2. The van der Waals surface area contributed by atoms with Crippen LogP contribution >= 0.6 is 11.3 Å².